The van der Waals surface area contributed by atoms with Gasteiger partial charge >= 0.3 is 5.97 Å². The molecule has 2 heterocycles. The van der Waals surface area contributed by atoms with Crippen LogP contribution >= 0.6 is 0 Å². The van der Waals surface area contributed by atoms with E-state index in [-0.39, 0.29) is 11.9 Å². The standard InChI is InChI=1S/C19H20FN3O2/c1-12-17(19(24)25-13-6-2-3-7-13)18(14-8-4-5-9-15(14)20)23-16(22-12)10-11-21-23/h4-5,8-11,13,18,22H,2-3,6-7H2,1H3. The molecule has 0 amide bonds. The van der Waals surface area contributed by atoms with Crippen molar-refractivity contribution in [2.45, 2.75) is 44.8 Å². The van der Waals surface area contributed by atoms with Gasteiger partial charge in [0.05, 0.1) is 11.8 Å². The fourth-order valence-corrected chi connectivity index (χ4v) is 3.68. The second-order valence-electron chi connectivity index (χ2n) is 6.56. The number of nitrogens with one attached hydrogen (secondary N) is 1. The van der Waals surface area contributed by atoms with Crippen LogP contribution in [0.4, 0.5) is 10.2 Å². The molecule has 1 unspecified atom stereocenters. The number of carbonyl (C=O) groups is 1. The van der Waals surface area contributed by atoms with Gasteiger partial charge in [0.1, 0.15) is 23.8 Å². The molecule has 1 aromatic heterocycles. The predicted molar refractivity (Wildman–Crippen MR) is 91.4 cm³/mol. The molecule has 1 fully saturated rings. The highest BCUT2D eigenvalue weighted by atomic mass is 19.1. The van der Waals surface area contributed by atoms with Crippen molar-refractivity contribution < 1.29 is 13.9 Å². The third-order valence-corrected chi connectivity index (χ3v) is 4.90. The summed E-state index contributed by atoms with van der Waals surface area (Å²) in [6, 6.07) is 7.65. The molecule has 1 atom stereocenters. The number of ether oxygens (including phenoxy) is 1. The third-order valence-electron chi connectivity index (χ3n) is 4.90. The lowest BCUT2D eigenvalue weighted by Crippen LogP contribution is -2.31. The Hall–Kier alpha value is -2.63. The molecule has 25 heavy (non-hydrogen) atoms. The van der Waals surface area contributed by atoms with E-state index in [1.807, 2.05) is 6.92 Å². The molecule has 1 aliphatic carbocycles. The Balaban J connectivity index is 1.76. The number of benzene rings is 1. The summed E-state index contributed by atoms with van der Waals surface area (Å²) in [5.41, 5.74) is 1.49. The van der Waals surface area contributed by atoms with Gasteiger partial charge in [0.2, 0.25) is 0 Å². The van der Waals surface area contributed by atoms with Crippen molar-refractivity contribution in [3.8, 4) is 0 Å². The second-order valence-corrected chi connectivity index (χ2v) is 6.56. The molecule has 1 saturated carbocycles. The molecule has 0 spiro atoms. The molecule has 1 N–H and O–H groups in total. The minimum absolute atomic E-state index is 0.0481. The lowest BCUT2D eigenvalue weighted by Gasteiger charge is -2.30. The van der Waals surface area contributed by atoms with Crippen molar-refractivity contribution in [2.75, 3.05) is 5.32 Å². The number of allylic oxidation sites excluding steroid dienone is 1. The first-order valence-corrected chi connectivity index (χ1v) is 8.62. The Morgan fingerprint density at radius 2 is 2.04 bits per heavy atom. The average Bonchev–Trinajstić information content (AvgIpc) is 3.25. The van der Waals surface area contributed by atoms with Gasteiger partial charge in [0.15, 0.2) is 0 Å². The maximum absolute atomic E-state index is 14.5. The molecular formula is C19H20FN3O2. The van der Waals surface area contributed by atoms with E-state index in [0.717, 1.165) is 31.5 Å². The van der Waals surface area contributed by atoms with Crippen LogP contribution in [0.25, 0.3) is 0 Å². The van der Waals surface area contributed by atoms with Crippen molar-refractivity contribution in [1.82, 2.24) is 9.78 Å². The van der Waals surface area contributed by atoms with E-state index < -0.39 is 12.0 Å². The molecule has 0 bridgehead atoms. The van der Waals surface area contributed by atoms with Crippen LogP contribution in [0.15, 0.2) is 47.8 Å². The topological polar surface area (TPSA) is 56.2 Å². The number of nitrogens with zero attached hydrogens (tertiary/aromatic N) is 2. The Bertz CT molecular complexity index is 837. The van der Waals surface area contributed by atoms with E-state index in [4.69, 9.17) is 4.74 Å². The third kappa shape index (κ3) is 2.81. The minimum atomic E-state index is -0.638. The number of fused-ring (bicyclic) bond motifs is 1. The number of hydrogen-bond acceptors (Lipinski definition) is 4. The Morgan fingerprint density at radius 1 is 1.28 bits per heavy atom. The van der Waals surface area contributed by atoms with Crippen molar-refractivity contribution in [3.05, 3.63) is 59.2 Å². The van der Waals surface area contributed by atoms with E-state index in [1.54, 1.807) is 35.1 Å². The maximum Gasteiger partial charge on any atom is 0.338 e. The van der Waals surface area contributed by atoms with Crippen molar-refractivity contribution >= 4 is 11.8 Å². The molecule has 130 valence electrons. The first-order valence-electron chi connectivity index (χ1n) is 8.62. The normalized spacial score (nSPS) is 20.3. The van der Waals surface area contributed by atoms with Gasteiger partial charge < -0.3 is 10.1 Å². The summed E-state index contributed by atoms with van der Waals surface area (Å²) in [6.07, 6.45) is 5.52. The predicted octanol–water partition coefficient (Wildman–Crippen LogP) is 3.80. The number of halogens is 1. The van der Waals surface area contributed by atoms with Crippen molar-refractivity contribution in [3.63, 3.8) is 0 Å². The molecule has 1 aromatic carbocycles. The highest BCUT2D eigenvalue weighted by Crippen LogP contribution is 2.37. The highest BCUT2D eigenvalue weighted by Gasteiger charge is 2.36. The summed E-state index contributed by atoms with van der Waals surface area (Å²) in [5.74, 6) is -0.0377. The Kier molecular flexibility index (Phi) is 4.03. The van der Waals surface area contributed by atoms with Crippen LogP contribution < -0.4 is 5.32 Å². The average molecular weight is 341 g/mol. The Morgan fingerprint density at radius 3 is 2.80 bits per heavy atom. The number of hydrogen-bond donors (Lipinski definition) is 1. The van der Waals surface area contributed by atoms with Crippen molar-refractivity contribution in [1.29, 1.82) is 0 Å². The molecule has 0 radical (unpaired) electrons. The maximum atomic E-state index is 14.5. The summed E-state index contributed by atoms with van der Waals surface area (Å²) in [4.78, 5) is 12.9. The van der Waals surface area contributed by atoms with Crippen LogP contribution in [-0.2, 0) is 9.53 Å². The first kappa shape index (κ1) is 15.9. The van der Waals surface area contributed by atoms with Crippen LogP contribution in [-0.4, -0.2) is 21.9 Å². The first-order chi connectivity index (χ1) is 12.1. The second kappa shape index (κ2) is 6.35. The quantitative estimate of drug-likeness (QED) is 0.863. The van der Waals surface area contributed by atoms with E-state index in [2.05, 4.69) is 10.4 Å². The van der Waals surface area contributed by atoms with E-state index in [9.17, 15) is 9.18 Å². The molecule has 5 nitrogen and oxygen atoms in total. The number of anilines is 1. The zero-order chi connectivity index (χ0) is 17.4. The summed E-state index contributed by atoms with van der Waals surface area (Å²) in [5, 5.41) is 7.47. The number of aromatic nitrogens is 2. The van der Waals surface area contributed by atoms with Crippen LogP contribution in [0.5, 0.6) is 0 Å². The van der Waals surface area contributed by atoms with Gasteiger partial charge in [0, 0.05) is 17.3 Å². The SMILES string of the molecule is CC1=C(C(=O)OC2CCCC2)C(c2ccccc2F)n2nccc2N1. The van der Waals surface area contributed by atoms with E-state index >= 15 is 0 Å². The molecule has 2 aliphatic rings. The molecule has 4 rings (SSSR count). The largest absolute Gasteiger partial charge is 0.459 e. The summed E-state index contributed by atoms with van der Waals surface area (Å²) in [7, 11) is 0. The van der Waals surface area contributed by atoms with Gasteiger partial charge in [-0.2, -0.15) is 5.10 Å². The van der Waals surface area contributed by atoms with Gasteiger partial charge in [-0.3, -0.25) is 0 Å². The zero-order valence-electron chi connectivity index (χ0n) is 14.0. The van der Waals surface area contributed by atoms with Gasteiger partial charge in [-0.25, -0.2) is 13.9 Å². The molecule has 2 aromatic rings. The summed E-state index contributed by atoms with van der Waals surface area (Å²) >= 11 is 0. The summed E-state index contributed by atoms with van der Waals surface area (Å²) in [6.45, 7) is 1.82. The van der Waals surface area contributed by atoms with Gasteiger partial charge in [-0.1, -0.05) is 18.2 Å². The molecule has 0 saturated heterocycles. The van der Waals surface area contributed by atoms with Crippen LogP contribution in [0.1, 0.15) is 44.2 Å². The monoisotopic (exact) mass is 341 g/mol. The smallest absolute Gasteiger partial charge is 0.338 e. The molecule has 6 heteroatoms. The summed E-state index contributed by atoms with van der Waals surface area (Å²) < 4.78 is 21.8. The van der Waals surface area contributed by atoms with Crippen LogP contribution in [0, 0.1) is 5.82 Å². The van der Waals surface area contributed by atoms with Gasteiger partial charge in [0.25, 0.3) is 0 Å². The van der Waals surface area contributed by atoms with Gasteiger partial charge in [-0.05, 0) is 38.7 Å². The van der Waals surface area contributed by atoms with E-state index in [0.29, 0.717) is 16.8 Å². The lowest BCUT2D eigenvalue weighted by molar-refractivity contribution is -0.144. The number of rotatable bonds is 3. The fourth-order valence-electron chi connectivity index (χ4n) is 3.68. The Labute approximate surface area is 145 Å². The van der Waals surface area contributed by atoms with Gasteiger partial charge in [-0.15, -0.1) is 0 Å². The molecular weight excluding hydrogens is 321 g/mol. The number of carbonyl (C=O) groups excluding carboxylic acids is 1. The molecule has 1 aliphatic heterocycles. The minimum Gasteiger partial charge on any atom is -0.459 e. The zero-order valence-corrected chi connectivity index (χ0v) is 14.0. The fraction of sp³-hybridized carbons (Fsp3) is 0.368. The van der Waals surface area contributed by atoms with Crippen LogP contribution in [0.3, 0.4) is 0 Å². The van der Waals surface area contributed by atoms with Crippen LogP contribution in [0.2, 0.25) is 0 Å². The van der Waals surface area contributed by atoms with E-state index in [1.165, 1.54) is 6.07 Å². The number of esters is 1. The highest BCUT2D eigenvalue weighted by molar-refractivity contribution is 5.92. The van der Waals surface area contributed by atoms with Crippen molar-refractivity contribution in [2.24, 2.45) is 0 Å². The lowest BCUT2D eigenvalue weighted by atomic mass is 9.95.